The normalized spacial score (nSPS) is 14.1. The number of hydrogen-bond donors (Lipinski definition) is 3. The summed E-state index contributed by atoms with van der Waals surface area (Å²) in [5, 5.41) is 10.3. The molecule has 0 fully saturated rings. The first-order valence-electron chi connectivity index (χ1n) is 10.7. The fraction of sp³-hybridized carbons (Fsp3) is 0.407. The molecule has 0 spiro atoms. The molecule has 0 aromatic heterocycles. The van der Waals surface area contributed by atoms with Gasteiger partial charge in [-0.2, -0.15) is 0 Å². The molecule has 0 heterocycles. The van der Waals surface area contributed by atoms with Crippen molar-refractivity contribution in [3.05, 3.63) is 87.6 Å². The van der Waals surface area contributed by atoms with Gasteiger partial charge in [-0.15, -0.1) is 0 Å². The molecule has 1 atom stereocenters. The smallest absolute Gasteiger partial charge is 0.0591 e. The van der Waals surface area contributed by atoms with E-state index in [0.29, 0.717) is 0 Å². The van der Waals surface area contributed by atoms with Crippen molar-refractivity contribution in [1.82, 2.24) is 0 Å². The first-order chi connectivity index (χ1) is 14.0. The zero-order chi connectivity index (χ0) is 22.5. The van der Waals surface area contributed by atoms with Crippen LogP contribution in [0.25, 0.3) is 5.70 Å². The van der Waals surface area contributed by atoms with Gasteiger partial charge in [0.05, 0.1) is 6.10 Å². The molecule has 2 aromatic rings. The maximum Gasteiger partial charge on any atom is 0.0591 e. The van der Waals surface area contributed by atoms with Gasteiger partial charge in [-0.1, -0.05) is 57.2 Å². The van der Waals surface area contributed by atoms with Gasteiger partial charge in [0.1, 0.15) is 0 Å². The van der Waals surface area contributed by atoms with E-state index in [1.54, 1.807) is 6.20 Å². The summed E-state index contributed by atoms with van der Waals surface area (Å²) in [6, 6.07) is 13.1. The van der Waals surface area contributed by atoms with E-state index >= 15 is 0 Å². The van der Waals surface area contributed by atoms with Crippen LogP contribution in [-0.2, 0) is 12.8 Å². The van der Waals surface area contributed by atoms with Gasteiger partial charge in [-0.05, 0) is 91.1 Å². The van der Waals surface area contributed by atoms with Gasteiger partial charge in [0, 0.05) is 11.3 Å². The molecule has 0 bridgehead atoms. The van der Waals surface area contributed by atoms with E-state index < -0.39 is 0 Å². The van der Waals surface area contributed by atoms with E-state index in [1.165, 1.54) is 22.3 Å². The quantitative estimate of drug-likeness (QED) is 0.539. The van der Waals surface area contributed by atoms with Crippen LogP contribution in [0, 0.1) is 19.3 Å². The predicted octanol–water partition coefficient (Wildman–Crippen LogP) is 5.40. The van der Waals surface area contributed by atoms with Gasteiger partial charge in [-0.25, -0.2) is 0 Å². The van der Waals surface area contributed by atoms with Crippen molar-refractivity contribution in [3.63, 3.8) is 0 Å². The van der Waals surface area contributed by atoms with Crippen LogP contribution in [0.3, 0.4) is 0 Å². The van der Waals surface area contributed by atoms with E-state index in [0.717, 1.165) is 41.7 Å². The predicted molar refractivity (Wildman–Crippen MR) is 129 cm³/mol. The molecule has 0 aliphatic carbocycles. The largest absolute Gasteiger partial charge is 0.404 e. The number of allylic oxidation sites excluding steroid dienone is 2. The second-order valence-corrected chi connectivity index (χ2v) is 9.52. The number of aryl methyl sites for hydroxylation is 3. The highest BCUT2D eigenvalue weighted by Crippen LogP contribution is 2.25. The number of hydrogen-bond acceptors (Lipinski definition) is 3. The van der Waals surface area contributed by atoms with Gasteiger partial charge in [0.25, 0.3) is 0 Å². The molecule has 2 rings (SSSR count). The summed E-state index contributed by atoms with van der Waals surface area (Å²) in [7, 11) is 0. The van der Waals surface area contributed by atoms with Crippen molar-refractivity contribution < 1.29 is 5.11 Å². The molecular formula is C27H38N2O. The molecular weight excluding hydrogens is 368 g/mol. The molecule has 162 valence electrons. The lowest BCUT2D eigenvalue weighted by atomic mass is 9.85. The Bertz CT molecular complexity index is 932. The molecule has 0 aliphatic rings. The summed E-state index contributed by atoms with van der Waals surface area (Å²) in [5.74, 6) is 0. The minimum Gasteiger partial charge on any atom is -0.404 e. The Hall–Kier alpha value is -2.52. The van der Waals surface area contributed by atoms with E-state index in [9.17, 15) is 5.11 Å². The zero-order valence-electron chi connectivity index (χ0n) is 19.4. The van der Waals surface area contributed by atoms with Crippen LogP contribution in [0.15, 0.2) is 54.2 Å². The van der Waals surface area contributed by atoms with Crippen LogP contribution in [0.2, 0.25) is 0 Å². The van der Waals surface area contributed by atoms with Crippen LogP contribution in [0.1, 0.15) is 67.5 Å². The van der Waals surface area contributed by atoms with E-state index in [4.69, 9.17) is 11.5 Å². The minimum absolute atomic E-state index is 0.0737. The Labute approximate surface area is 182 Å². The molecule has 3 nitrogen and oxygen atoms in total. The molecule has 0 aliphatic heterocycles. The average Bonchev–Trinajstić information content (AvgIpc) is 2.66. The highest BCUT2D eigenvalue weighted by Gasteiger charge is 2.21. The van der Waals surface area contributed by atoms with Crippen LogP contribution < -0.4 is 11.5 Å². The molecule has 3 heteroatoms. The number of rotatable bonds is 7. The Kier molecular flexibility index (Phi) is 7.91. The van der Waals surface area contributed by atoms with Gasteiger partial charge in [0.15, 0.2) is 0 Å². The fourth-order valence-electron chi connectivity index (χ4n) is 3.64. The van der Waals surface area contributed by atoms with Gasteiger partial charge < -0.3 is 16.6 Å². The zero-order valence-corrected chi connectivity index (χ0v) is 19.4. The van der Waals surface area contributed by atoms with Crippen molar-refractivity contribution in [3.8, 4) is 0 Å². The fourth-order valence-corrected chi connectivity index (χ4v) is 3.64. The third kappa shape index (κ3) is 6.50. The molecule has 0 amide bonds. The summed E-state index contributed by atoms with van der Waals surface area (Å²) in [4.78, 5) is 0. The topological polar surface area (TPSA) is 72.3 Å². The minimum atomic E-state index is -0.288. The summed E-state index contributed by atoms with van der Waals surface area (Å²) in [5.41, 5.74) is 20.8. The lowest BCUT2D eigenvalue weighted by Gasteiger charge is -2.26. The van der Waals surface area contributed by atoms with Crippen molar-refractivity contribution in [1.29, 1.82) is 0 Å². The molecule has 2 aromatic carbocycles. The molecule has 5 N–H and O–H groups in total. The average molecular weight is 407 g/mol. The maximum absolute atomic E-state index is 10.3. The third-order valence-corrected chi connectivity index (χ3v) is 5.75. The van der Waals surface area contributed by atoms with Gasteiger partial charge in [0.2, 0.25) is 0 Å². The Morgan fingerprint density at radius 3 is 2.17 bits per heavy atom. The SMILES string of the molecule is CC(=C/N)/C=C(\N)c1ccc(Cc2ccc(CCC(O)C(C)(C)C)c(C)c2)cc1C. The lowest BCUT2D eigenvalue weighted by molar-refractivity contribution is 0.0560. The number of aliphatic hydroxyl groups is 1. The third-order valence-electron chi connectivity index (χ3n) is 5.75. The molecule has 30 heavy (non-hydrogen) atoms. The summed E-state index contributed by atoms with van der Waals surface area (Å²) in [6.45, 7) is 12.4. The number of nitrogens with two attached hydrogens (primary N) is 2. The van der Waals surface area contributed by atoms with Gasteiger partial charge >= 0.3 is 0 Å². The Morgan fingerprint density at radius 1 is 1.03 bits per heavy atom. The number of benzene rings is 2. The summed E-state index contributed by atoms with van der Waals surface area (Å²) < 4.78 is 0. The first-order valence-corrected chi connectivity index (χ1v) is 10.7. The summed E-state index contributed by atoms with van der Waals surface area (Å²) in [6.07, 6.45) is 5.76. The van der Waals surface area contributed by atoms with Crippen molar-refractivity contribution in [2.45, 2.75) is 66.9 Å². The monoisotopic (exact) mass is 406 g/mol. The highest BCUT2D eigenvalue weighted by atomic mass is 16.3. The van der Waals surface area contributed by atoms with Crippen molar-refractivity contribution >= 4 is 5.70 Å². The second kappa shape index (κ2) is 9.99. The van der Waals surface area contributed by atoms with Crippen LogP contribution in [0.5, 0.6) is 0 Å². The van der Waals surface area contributed by atoms with Crippen LogP contribution >= 0.6 is 0 Å². The first kappa shape index (κ1) is 23.8. The van der Waals surface area contributed by atoms with Crippen molar-refractivity contribution in [2.24, 2.45) is 16.9 Å². The van der Waals surface area contributed by atoms with E-state index in [1.807, 2.05) is 13.0 Å². The molecule has 1 unspecified atom stereocenters. The van der Waals surface area contributed by atoms with Crippen LogP contribution in [-0.4, -0.2) is 11.2 Å². The highest BCUT2D eigenvalue weighted by molar-refractivity contribution is 5.68. The van der Waals surface area contributed by atoms with E-state index in [-0.39, 0.29) is 11.5 Å². The summed E-state index contributed by atoms with van der Waals surface area (Å²) >= 11 is 0. The molecule has 0 saturated carbocycles. The molecule has 0 saturated heterocycles. The second-order valence-electron chi connectivity index (χ2n) is 9.52. The lowest BCUT2D eigenvalue weighted by Crippen LogP contribution is -2.26. The molecule has 0 radical (unpaired) electrons. The van der Waals surface area contributed by atoms with Crippen molar-refractivity contribution in [2.75, 3.05) is 0 Å². The number of aliphatic hydroxyl groups excluding tert-OH is 1. The maximum atomic E-state index is 10.3. The van der Waals surface area contributed by atoms with Crippen LogP contribution in [0.4, 0.5) is 0 Å². The van der Waals surface area contributed by atoms with Gasteiger partial charge in [-0.3, -0.25) is 0 Å². The Balaban J connectivity index is 2.11. The Morgan fingerprint density at radius 2 is 1.63 bits per heavy atom. The standard InChI is InChI=1S/C27H38N2O/c1-18(17-28)13-25(29)24-11-8-22(15-20(24)3)16-21-7-9-23(19(2)14-21)10-12-26(30)27(4,5)6/h7-9,11,13-15,17,26,30H,10,12,16,28-29H2,1-6H3/b18-17-,25-13-. The van der Waals surface area contributed by atoms with E-state index in [2.05, 4.69) is 71.0 Å².